The number of para-hydroxylation sites is 1. The summed E-state index contributed by atoms with van der Waals surface area (Å²) in [6.07, 6.45) is 4.09. The van der Waals surface area contributed by atoms with Gasteiger partial charge in [0.1, 0.15) is 11.5 Å². The molecule has 0 saturated carbocycles. The number of rotatable bonds is 3. The normalized spacial score (nSPS) is 11.8. The molecule has 0 spiro atoms. The molecule has 1 aromatic carbocycles. The topological polar surface area (TPSA) is 60.4 Å². The summed E-state index contributed by atoms with van der Waals surface area (Å²) in [5.74, 6) is 1.47. The van der Waals surface area contributed by atoms with Gasteiger partial charge in [0.15, 0.2) is 10.8 Å². The van der Waals surface area contributed by atoms with Crippen LogP contribution in [0.25, 0.3) is 22.2 Å². The van der Waals surface area contributed by atoms with Gasteiger partial charge in [-0.25, -0.2) is 15.0 Å². The average Bonchev–Trinajstić information content (AvgIpc) is 3.23. The number of nitrogens with zero attached hydrogens (tertiary/aromatic N) is 6. The van der Waals surface area contributed by atoms with Crippen molar-refractivity contribution in [1.82, 2.24) is 29.0 Å². The maximum absolute atomic E-state index is 4.79. The second-order valence-electron chi connectivity index (χ2n) is 6.25. The van der Waals surface area contributed by atoms with Gasteiger partial charge in [0.05, 0.1) is 11.2 Å². The van der Waals surface area contributed by atoms with E-state index < -0.39 is 0 Å². The summed E-state index contributed by atoms with van der Waals surface area (Å²) in [5, 5.41) is 6.37. The zero-order valence-electron chi connectivity index (χ0n) is 14.4. The first-order valence-electron chi connectivity index (χ1n) is 8.37. The van der Waals surface area contributed by atoms with Gasteiger partial charge in [0.25, 0.3) is 0 Å². The fraction of sp³-hybridized carbons (Fsp3) is 0.158. The molecule has 4 heterocycles. The quantitative estimate of drug-likeness (QED) is 0.361. The minimum absolute atomic E-state index is 0.723. The van der Waals surface area contributed by atoms with Crippen molar-refractivity contribution in [2.45, 2.75) is 24.8 Å². The molecular formula is C19H16N6S. The number of hydrogen-bond acceptors (Lipinski definition) is 5. The Labute approximate surface area is 153 Å². The van der Waals surface area contributed by atoms with E-state index in [1.165, 1.54) is 5.56 Å². The number of fused-ring (bicyclic) bond motifs is 4. The van der Waals surface area contributed by atoms with Crippen LogP contribution < -0.4 is 0 Å². The molecular weight excluding hydrogens is 344 g/mol. The van der Waals surface area contributed by atoms with Crippen molar-refractivity contribution in [3.8, 4) is 0 Å². The van der Waals surface area contributed by atoms with Crippen molar-refractivity contribution in [3.63, 3.8) is 0 Å². The first-order chi connectivity index (χ1) is 12.7. The number of benzene rings is 1. The van der Waals surface area contributed by atoms with Crippen LogP contribution in [0.4, 0.5) is 0 Å². The van der Waals surface area contributed by atoms with E-state index in [1.54, 1.807) is 11.8 Å². The first kappa shape index (κ1) is 15.3. The van der Waals surface area contributed by atoms with Crippen LogP contribution in [0.3, 0.4) is 0 Å². The molecule has 0 N–H and O–H groups in total. The van der Waals surface area contributed by atoms with Gasteiger partial charge >= 0.3 is 0 Å². The Morgan fingerprint density at radius 3 is 2.73 bits per heavy atom. The van der Waals surface area contributed by atoms with Crippen LogP contribution >= 0.6 is 11.8 Å². The first-order valence-corrected chi connectivity index (χ1v) is 9.36. The van der Waals surface area contributed by atoms with Crippen molar-refractivity contribution >= 4 is 34.0 Å². The zero-order valence-corrected chi connectivity index (χ0v) is 15.2. The maximum Gasteiger partial charge on any atom is 0.191 e. The van der Waals surface area contributed by atoms with E-state index in [1.807, 2.05) is 48.0 Å². The van der Waals surface area contributed by atoms with Gasteiger partial charge < -0.3 is 4.40 Å². The molecule has 0 saturated heterocycles. The van der Waals surface area contributed by atoms with Crippen LogP contribution in [0.2, 0.25) is 0 Å². The van der Waals surface area contributed by atoms with E-state index in [0.29, 0.717) is 0 Å². The van der Waals surface area contributed by atoms with Crippen LogP contribution in [0.5, 0.6) is 0 Å². The van der Waals surface area contributed by atoms with Crippen molar-refractivity contribution < 1.29 is 0 Å². The molecule has 5 rings (SSSR count). The SMILES string of the molecule is Cc1nc2c3ccccc3nc(SCc3cn4cccc(C)c4n3)n2n1. The van der Waals surface area contributed by atoms with Crippen LogP contribution in [0.1, 0.15) is 17.1 Å². The van der Waals surface area contributed by atoms with E-state index >= 15 is 0 Å². The van der Waals surface area contributed by atoms with Crippen molar-refractivity contribution in [2.24, 2.45) is 0 Å². The average molecular weight is 360 g/mol. The van der Waals surface area contributed by atoms with Crippen molar-refractivity contribution in [1.29, 1.82) is 0 Å². The highest BCUT2D eigenvalue weighted by atomic mass is 32.2. The van der Waals surface area contributed by atoms with Crippen LogP contribution in [-0.4, -0.2) is 29.0 Å². The minimum atomic E-state index is 0.723. The van der Waals surface area contributed by atoms with Gasteiger partial charge in [-0.05, 0) is 37.6 Å². The van der Waals surface area contributed by atoms with Crippen LogP contribution in [-0.2, 0) is 5.75 Å². The Bertz CT molecular complexity index is 1270. The smallest absolute Gasteiger partial charge is 0.191 e. The number of aryl methyl sites for hydroxylation is 2. The van der Waals surface area contributed by atoms with Crippen LogP contribution in [0.15, 0.2) is 53.9 Å². The van der Waals surface area contributed by atoms with Gasteiger partial charge in [-0.3, -0.25) is 0 Å². The van der Waals surface area contributed by atoms with E-state index in [2.05, 4.69) is 33.7 Å². The largest absolute Gasteiger partial charge is 0.307 e. The molecule has 0 fully saturated rings. The lowest BCUT2D eigenvalue weighted by Crippen LogP contribution is -1.98. The van der Waals surface area contributed by atoms with Gasteiger partial charge in [-0.2, -0.15) is 4.52 Å². The number of pyridine rings is 1. The molecule has 0 aliphatic heterocycles. The van der Waals surface area contributed by atoms with E-state index in [-0.39, 0.29) is 0 Å². The summed E-state index contributed by atoms with van der Waals surface area (Å²) in [7, 11) is 0. The Balaban J connectivity index is 1.56. The summed E-state index contributed by atoms with van der Waals surface area (Å²) in [6.45, 7) is 3.98. The lowest BCUT2D eigenvalue weighted by molar-refractivity contribution is 0.796. The standard InChI is InChI=1S/C19H16N6S/c1-12-6-5-9-24-10-14(21-17(12)24)11-26-19-22-16-8-4-3-7-15(16)18-20-13(2)23-25(18)19/h3-10H,11H2,1-2H3. The van der Waals surface area contributed by atoms with Gasteiger partial charge in [-0.15, -0.1) is 5.10 Å². The highest BCUT2D eigenvalue weighted by molar-refractivity contribution is 7.98. The third kappa shape index (κ3) is 2.43. The Morgan fingerprint density at radius 1 is 0.962 bits per heavy atom. The molecule has 0 aliphatic rings. The van der Waals surface area contributed by atoms with E-state index in [4.69, 9.17) is 9.97 Å². The second kappa shape index (κ2) is 5.81. The van der Waals surface area contributed by atoms with Gasteiger partial charge in [-0.1, -0.05) is 30.0 Å². The number of hydrogen-bond donors (Lipinski definition) is 0. The van der Waals surface area contributed by atoms with Gasteiger partial charge in [0.2, 0.25) is 0 Å². The maximum atomic E-state index is 4.79. The van der Waals surface area contributed by atoms with Crippen molar-refractivity contribution in [2.75, 3.05) is 0 Å². The Morgan fingerprint density at radius 2 is 1.85 bits per heavy atom. The molecule has 0 bridgehead atoms. The third-order valence-electron chi connectivity index (χ3n) is 4.33. The van der Waals surface area contributed by atoms with Gasteiger partial charge in [0, 0.05) is 23.5 Å². The highest BCUT2D eigenvalue weighted by Gasteiger charge is 2.13. The molecule has 6 nitrogen and oxygen atoms in total. The molecule has 0 amide bonds. The minimum Gasteiger partial charge on any atom is -0.307 e. The summed E-state index contributed by atoms with van der Waals surface area (Å²) in [5.41, 5.74) is 4.96. The molecule has 0 atom stereocenters. The predicted molar refractivity (Wildman–Crippen MR) is 103 cm³/mol. The predicted octanol–water partition coefficient (Wildman–Crippen LogP) is 3.83. The summed E-state index contributed by atoms with van der Waals surface area (Å²) in [4.78, 5) is 14.1. The lowest BCUT2D eigenvalue weighted by atomic mass is 10.2. The second-order valence-corrected chi connectivity index (χ2v) is 7.19. The third-order valence-corrected chi connectivity index (χ3v) is 5.29. The molecule has 0 radical (unpaired) electrons. The molecule has 7 heteroatoms. The number of thioether (sulfide) groups is 1. The number of imidazole rings is 1. The summed E-state index contributed by atoms with van der Waals surface area (Å²) >= 11 is 1.63. The fourth-order valence-corrected chi connectivity index (χ4v) is 3.97. The summed E-state index contributed by atoms with van der Waals surface area (Å²) < 4.78 is 3.90. The molecule has 5 aromatic rings. The lowest BCUT2D eigenvalue weighted by Gasteiger charge is -2.05. The van der Waals surface area contributed by atoms with E-state index in [0.717, 1.165) is 44.6 Å². The van der Waals surface area contributed by atoms with E-state index in [9.17, 15) is 0 Å². The fourth-order valence-electron chi connectivity index (χ4n) is 3.14. The Kier molecular flexibility index (Phi) is 3.43. The molecule has 0 aliphatic carbocycles. The molecule has 128 valence electrons. The molecule has 4 aromatic heterocycles. The van der Waals surface area contributed by atoms with Crippen LogP contribution in [0, 0.1) is 13.8 Å². The zero-order chi connectivity index (χ0) is 17.7. The molecule has 26 heavy (non-hydrogen) atoms. The summed E-state index contributed by atoms with van der Waals surface area (Å²) in [6, 6.07) is 12.1. The number of aromatic nitrogens is 6. The highest BCUT2D eigenvalue weighted by Crippen LogP contribution is 2.26. The molecule has 0 unspecified atom stereocenters. The monoisotopic (exact) mass is 360 g/mol. The Hall–Kier alpha value is -2.93. The van der Waals surface area contributed by atoms with Crippen molar-refractivity contribution in [3.05, 3.63) is 65.9 Å².